The van der Waals surface area contributed by atoms with Gasteiger partial charge >= 0.3 is 0 Å². The minimum Gasteiger partial charge on any atom is -0.497 e. The van der Waals surface area contributed by atoms with E-state index >= 15 is 0 Å². The lowest BCUT2D eigenvalue weighted by atomic mass is 10.1. The van der Waals surface area contributed by atoms with E-state index in [-0.39, 0.29) is 18.1 Å². The number of carbonyl (C=O) groups excluding carboxylic acids is 1. The van der Waals surface area contributed by atoms with Gasteiger partial charge in [0.2, 0.25) is 5.91 Å². The van der Waals surface area contributed by atoms with Gasteiger partial charge < -0.3 is 4.74 Å². The van der Waals surface area contributed by atoms with Gasteiger partial charge in [-0.05, 0) is 54.8 Å². The van der Waals surface area contributed by atoms with Crippen molar-refractivity contribution in [1.82, 2.24) is 4.90 Å². The first-order chi connectivity index (χ1) is 11.7. The summed E-state index contributed by atoms with van der Waals surface area (Å²) in [6, 6.07) is 15.5. The molecule has 2 heterocycles. The van der Waals surface area contributed by atoms with Crippen molar-refractivity contribution in [2.75, 3.05) is 18.6 Å². The molecular formula is C19H19ClN2O2. The van der Waals surface area contributed by atoms with E-state index in [9.17, 15) is 4.79 Å². The molecule has 0 aliphatic carbocycles. The SMILES string of the molecule is COc1ccc(N2C(=O)[C@@H]3CCCN3[C@H]2c2ccc(Cl)cc2)cc1. The Morgan fingerprint density at radius 2 is 1.79 bits per heavy atom. The number of rotatable bonds is 3. The molecule has 2 aliphatic heterocycles. The van der Waals surface area contributed by atoms with Gasteiger partial charge in [0.05, 0.1) is 13.2 Å². The van der Waals surface area contributed by atoms with E-state index < -0.39 is 0 Å². The van der Waals surface area contributed by atoms with Gasteiger partial charge in [-0.15, -0.1) is 0 Å². The number of fused-ring (bicyclic) bond motifs is 1. The number of anilines is 1. The third kappa shape index (κ3) is 2.46. The normalized spacial score (nSPS) is 23.6. The van der Waals surface area contributed by atoms with Crippen LogP contribution in [0.25, 0.3) is 0 Å². The fourth-order valence-corrected chi connectivity index (χ4v) is 3.89. The average Bonchev–Trinajstić information content (AvgIpc) is 3.18. The molecule has 5 heteroatoms. The van der Waals surface area contributed by atoms with Crippen LogP contribution in [-0.4, -0.2) is 30.5 Å². The standard InChI is InChI=1S/C19H19ClN2O2/c1-24-16-10-8-15(9-11-16)22-18(13-4-6-14(20)7-5-13)21-12-2-3-17(21)19(22)23/h4-11,17-18H,2-3,12H2,1H3/t17-,18+/m0/s1. The molecule has 0 aromatic heterocycles. The van der Waals surface area contributed by atoms with Crippen LogP contribution in [-0.2, 0) is 4.79 Å². The van der Waals surface area contributed by atoms with Crippen molar-refractivity contribution in [2.24, 2.45) is 0 Å². The summed E-state index contributed by atoms with van der Waals surface area (Å²) in [4.78, 5) is 17.2. The summed E-state index contributed by atoms with van der Waals surface area (Å²) < 4.78 is 5.23. The van der Waals surface area contributed by atoms with Crippen molar-refractivity contribution in [3.8, 4) is 5.75 Å². The monoisotopic (exact) mass is 342 g/mol. The summed E-state index contributed by atoms with van der Waals surface area (Å²) >= 11 is 6.04. The van der Waals surface area contributed by atoms with E-state index in [0.29, 0.717) is 5.02 Å². The maximum atomic E-state index is 13.0. The lowest BCUT2D eigenvalue weighted by Gasteiger charge is -2.30. The van der Waals surface area contributed by atoms with Crippen LogP contribution in [0.3, 0.4) is 0 Å². The number of methoxy groups -OCH3 is 1. The zero-order valence-electron chi connectivity index (χ0n) is 13.5. The highest BCUT2D eigenvalue weighted by Gasteiger charge is 2.49. The third-order valence-corrected chi connectivity index (χ3v) is 5.15. The number of amides is 1. The lowest BCUT2D eigenvalue weighted by molar-refractivity contribution is -0.119. The molecule has 24 heavy (non-hydrogen) atoms. The summed E-state index contributed by atoms with van der Waals surface area (Å²) in [6.07, 6.45) is 1.92. The van der Waals surface area contributed by atoms with E-state index in [1.54, 1.807) is 7.11 Å². The lowest BCUT2D eigenvalue weighted by Crippen LogP contribution is -2.32. The van der Waals surface area contributed by atoms with Gasteiger partial charge in [0.15, 0.2) is 0 Å². The van der Waals surface area contributed by atoms with Gasteiger partial charge in [-0.25, -0.2) is 0 Å². The fourth-order valence-electron chi connectivity index (χ4n) is 3.76. The fraction of sp³-hybridized carbons (Fsp3) is 0.316. The van der Waals surface area contributed by atoms with E-state index in [2.05, 4.69) is 4.90 Å². The van der Waals surface area contributed by atoms with Crippen molar-refractivity contribution >= 4 is 23.2 Å². The van der Waals surface area contributed by atoms with Crippen LogP contribution in [0.2, 0.25) is 5.02 Å². The largest absolute Gasteiger partial charge is 0.497 e. The Bertz CT molecular complexity index is 745. The first-order valence-electron chi connectivity index (χ1n) is 8.17. The van der Waals surface area contributed by atoms with E-state index in [4.69, 9.17) is 16.3 Å². The molecule has 0 spiro atoms. The van der Waals surface area contributed by atoms with Crippen LogP contribution in [0.1, 0.15) is 24.6 Å². The molecule has 124 valence electrons. The first kappa shape index (κ1) is 15.5. The molecule has 2 aliphatic rings. The van der Waals surface area contributed by atoms with Crippen molar-refractivity contribution < 1.29 is 9.53 Å². The molecule has 0 N–H and O–H groups in total. The molecule has 0 unspecified atom stereocenters. The molecule has 0 radical (unpaired) electrons. The molecule has 2 saturated heterocycles. The molecule has 2 fully saturated rings. The Labute approximate surface area is 146 Å². The molecule has 0 saturated carbocycles. The molecule has 2 aromatic carbocycles. The molecule has 2 aromatic rings. The second-order valence-electron chi connectivity index (χ2n) is 6.23. The number of hydrogen-bond acceptors (Lipinski definition) is 3. The topological polar surface area (TPSA) is 32.8 Å². The maximum Gasteiger partial charge on any atom is 0.246 e. The van der Waals surface area contributed by atoms with Crippen LogP contribution < -0.4 is 9.64 Å². The van der Waals surface area contributed by atoms with Crippen LogP contribution in [0.4, 0.5) is 5.69 Å². The number of carbonyl (C=O) groups is 1. The third-order valence-electron chi connectivity index (χ3n) is 4.89. The molecule has 4 nitrogen and oxygen atoms in total. The number of hydrogen-bond donors (Lipinski definition) is 0. The Morgan fingerprint density at radius 3 is 2.46 bits per heavy atom. The molecule has 0 bridgehead atoms. The highest BCUT2D eigenvalue weighted by Crippen LogP contribution is 2.42. The summed E-state index contributed by atoms with van der Waals surface area (Å²) in [5, 5.41) is 0.706. The van der Waals surface area contributed by atoms with Crippen molar-refractivity contribution in [3.63, 3.8) is 0 Å². The van der Waals surface area contributed by atoms with Gasteiger partial charge in [-0.3, -0.25) is 14.6 Å². The van der Waals surface area contributed by atoms with Crippen LogP contribution >= 0.6 is 11.6 Å². The number of nitrogens with zero attached hydrogens (tertiary/aromatic N) is 2. The van der Waals surface area contributed by atoms with Gasteiger partial charge in [0, 0.05) is 17.3 Å². The first-order valence-corrected chi connectivity index (χ1v) is 8.55. The minimum atomic E-state index is -0.0735. The second kappa shape index (κ2) is 6.11. The van der Waals surface area contributed by atoms with Gasteiger partial charge in [-0.2, -0.15) is 0 Å². The maximum absolute atomic E-state index is 13.0. The highest BCUT2D eigenvalue weighted by atomic mass is 35.5. The Morgan fingerprint density at radius 1 is 1.08 bits per heavy atom. The molecular weight excluding hydrogens is 324 g/mol. The summed E-state index contributed by atoms with van der Waals surface area (Å²) in [5.74, 6) is 0.964. The zero-order valence-corrected chi connectivity index (χ0v) is 14.2. The van der Waals surface area contributed by atoms with E-state index in [1.807, 2.05) is 53.4 Å². The predicted molar refractivity (Wildman–Crippen MR) is 94.4 cm³/mol. The Kier molecular flexibility index (Phi) is 3.94. The van der Waals surface area contributed by atoms with Crippen molar-refractivity contribution in [3.05, 3.63) is 59.1 Å². The smallest absolute Gasteiger partial charge is 0.246 e. The van der Waals surface area contributed by atoms with Crippen LogP contribution in [0, 0.1) is 0 Å². The number of ether oxygens (including phenoxy) is 1. The van der Waals surface area contributed by atoms with Crippen molar-refractivity contribution in [1.29, 1.82) is 0 Å². The predicted octanol–water partition coefficient (Wildman–Crippen LogP) is 3.86. The van der Waals surface area contributed by atoms with Crippen molar-refractivity contribution in [2.45, 2.75) is 25.0 Å². The Balaban J connectivity index is 1.76. The van der Waals surface area contributed by atoms with E-state index in [1.165, 1.54) is 0 Å². The van der Waals surface area contributed by atoms with E-state index in [0.717, 1.165) is 36.4 Å². The molecule has 2 atom stereocenters. The van der Waals surface area contributed by atoms with Gasteiger partial charge in [0.25, 0.3) is 0 Å². The quantitative estimate of drug-likeness (QED) is 0.849. The van der Waals surface area contributed by atoms with Gasteiger partial charge in [-0.1, -0.05) is 23.7 Å². The van der Waals surface area contributed by atoms with Crippen LogP contribution in [0.5, 0.6) is 5.75 Å². The number of benzene rings is 2. The molecule has 4 rings (SSSR count). The molecule has 1 amide bonds. The number of halogens is 1. The summed E-state index contributed by atoms with van der Waals surface area (Å²) in [5.41, 5.74) is 1.99. The average molecular weight is 343 g/mol. The summed E-state index contributed by atoms with van der Waals surface area (Å²) in [6.45, 7) is 0.941. The Hall–Kier alpha value is -2.04. The highest BCUT2D eigenvalue weighted by molar-refractivity contribution is 6.30. The zero-order chi connectivity index (χ0) is 16.7. The summed E-state index contributed by atoms with van der Waals surface area (Å²) in [7, 11) is 1.64. The van der Waals surface area contributed by atoms with Gasteiger partial charge in [0.1, 0.15) is 11.9 Å². The van der Waals surface area contributed by atoms with Crippen LogP contribution in [0.15, 0.2) is 48.5 Å². The minimum absolute atomic E-state index is 0.0206. The second-order valence-corrected chi connectivity index (χ2v) is 6.66.